The van der Waals surface area contributed by atoms with Gasteiger partial charge in [0.05, 0.1) is 6.04 Å². The van der Waals surface area contributed by atoms with Crippen molar-refractivity contribution in [2.45, 2.75) is 46.3 Å². The molecule has 0 aliphatic heterocycles. The van der Waals surface area contributed by atoms with Gasteiger partial charge in [0, 0.05) is 19.5 Å². The van der Waals surface area contributed by atoms with Crippen LogP contribution in [0.2, 0.25) is 0 Å². The lowest BCUT2D eigenvalue weighted by Crippen LogP contribution is -2.40. The molecule has 6 nitrogen and oxygen atoms in total. The predicted molar refractivity (Wildman–Crippen MR) is 79.7 cm³/mol. The molecule has 20 heavy (non-hydrogen) atoms. The van der Waals surface area contributed by atoms with E-state index in [0.29, 0.717) is 0 Å². The van der Waals surface area contributed by atoms with Crippen molar-refractivity contribution in [3.05, 3.63) is 11.5 Å². The number of carbonyl (C=O) groups is 1. The monoisotopic (exact) mass is 306 g/mol. The summed E-state index contributed by atoms with van der Waals surface area (Å²) in [6, 6.07) is -0.417. The number of rotatable bonds is 5. The van der Waals surface area contributed by atoms with Crippen molar-refractivity contribution in [3.63, 3.8) is 0 Å². The third-order valence-electron chi connectivity index (χ3n) is 2.37. The van der Waals surface area contributed by atoms with Crippen LogP contribution < -0.4 is 5.32 Å². The van der Waals surface area contributed by atoms with E-state index in [1.807, 2.05) is 13.8 Å². The molecule has 0 saturated heterocycles. The SMILES string of the molecule is CC(C)C(/C=C/S(=O)(=O)N(C)C)NC(=O)OC(C)(C)C. The van der Waals surface area contributed by atoms with E-state index >= 15 is 0 Å². The molecule has 0 aromatic heterocycles. The maximum atomic E-state index is 11.7. The van der Waals surface area contributed by atoms with Gasteiger partial charge in [0.15, 0.2) is 0 Å². The Morgan fingerprint density at radius 3 is 2.10 bits per heavy atom. The molecule has 1 amide bonds. The Labute approximate surface area is 122 Å². The second-order valence-electron chi connectivity index (χ2n) is 6.07. The van der Waals surface area contributed by atoms with Crippen LogP contribution in [0.15, 0.2) is 11.5 Å². The van der Waals surface area contributed by atoms with Crippen LogP contribution in [0.5, 0.6) is 0 Å². The van der Waals surface area contributed by atoms with Gasteiger partial charge in [0.2, 0.25) is 10.0 Å². The zero-order chi connectivity index (χ0) is 16.1. The number of amides is 1. The van der Waals surface area contributed by atoms with Crippen molar-refractivity contribution in [2.75, 3.05) is 14.1 Å². The predicted octanol–water partition coefficient (Wildman–Crippen LogP) is 1.94. The van der Waals surface area contributed by atoms with Crippen LogP contribution >= 0.6 is 0 Å². The quantitative estimate of drug-likeness (QED) is 0.842. The minimum Gasteiger partial charge on any atom is -0.444 e. The molecule has 0 bridgehead atoms. The minimum absolute atomic E-state index is 0.0381. The normalized spacial score (nSPS) is 14.8. The molecule has 0 rings (SSSR count). The molecule has 0 fully saturated rings. The summed E-state index contributed by atoms with van der Waals surface area (Å²) in [6.07, 6.45) is 0.896. The van der Waals surface area contributed by atoms with E-state index < -0.39 is 27.8 Å². The minimum atomic E-state index is -3.44. The van der Waals surface area contributed by atoms with Crippen molar-refractivity contribution in [3.8, 4) is 0 Å². The molecule has 0 saturated carbocycles. The molecule has 118 valence electrons. The van der Waals surface area contributed by atoms with Gasteiger partial charge in [-0.3, -0.25) is 0 Å². The van der Waals surface area contributed by atoms with E-state index in [2.05, 4.69) is 5.32 Å². The van der Waals surface area contributed by atoms with E-state index in [9.17, 15) is 13.2 Å². The third-order valence-corrected chi connectivity index (χ3v) is 3.89. The third kappa shape index (κ3) is 7.49. The van der Waals surface area contributed by atoms with E-state index in [1.54, 1.807) is 20.8 Å². The zero-order valence-electron chi connectivity index (χ0n) is 13.3. The van der Waals surface area contributed by atoms with Crippen molar-refractivity contribution < 1.29 is 17.9 Å². The molecule has 0 aromatic rings. The molecule has 1 unspecified atom stereocenters. The first-order valence-corrected chi connectivity index (χ1v) is 7.96. The van der Waals surface area contributed by atoms with Gasteiger partial charge in [-0.1, -0.05) is 13.8 Å². The lowest BCUT2D eigenvalue weighted by atomic mass is 10.1. The summed E-state index contributed by atoms with van der Waals surface area (Å²) in [7, 11) is -0.538. The van der Waals surface area contributed by atoms with Crippen LogP contribution in [0, 0.1) is 5.92 Å². The molecule has 7 heteroatoms. The van der Waals surface area contributed by atoms with Gasteiger partial charge >= 0.3 is 6.09 Å². The second kappa shape index (κ2) is 7.08. The molecule has 1 atom stereocenters. The molecule has 0 aliphatic carbocycles. The number of nitrogens with zero attached hydrogens (tertiary/aromatic N) is 1. The van der Waals surface area contributed by atoms with Gasteiger partial charge < -0.3 is 10.1 Å². The molecule has 0 aliphatic rings. The van der Waals surface area contributed by atoms with E-state index in [1.165, 1.54) is 20.2 Å². The molecular formula is C13H26N2O4S. The lowest BCUT2D eigenvalue weighted by Gasteiger charge is -2.24. The first-order chi connectivity index (χ1) is 8.85. The largest absolute Gasteiger partial charge is 0.444 e. The van der Waals surface area contributed by atoms with Gasteiger partial charge in [-0.25, -0.2) is 17.5 Å². The Morgan fingerprint density at radius 2 is 1.75 bits per heavy atom. The Kier molecular flexibility index (Phi) is 6.70. The molecule has 0 spiro atoms. The zero-order valence-corrected chi connectivity index (χ0v) is 14.1. The maximum absolute atomic E-state index is 11.7. The number of hydrogen-bond acceptors (Lipinski definition) is 4. The summed E-state index contributed by atoms with van der Waals surface area (Å²) in [6.45, 7) is 9.07. The second-order valence-corrected chi connectivity index (χ2v) is 8.10. The van der Waals surface area contributed by atoms with E-state index in [4.69, 9.17) is 4.74 Å². The summed E-state index contributed by atoms with van der Waals surface area (Å²) in [5, 5.41) is 3.75. The van der Waals surface area contributed by atoms with Crippen LogP contribution in [-0.4, -0.2) is 44.6 Å². The summed E-state index contributed by atoms with van der Waals surface area (Å²) in [4.78, 5) is 11.7. The van der Waals surface area contributed by atoms with E-state index in [0.717, 1.165) is 9.71 Å². The number of nitrogens with one attached hydrogen (secondary N) is 1. The molecule has 0 radical (unpaired) electrons. The molecule has 1 N–H and O–H groups in total. The number of alkyl carbamates (subject to hydrolysis) is 1. The van der Waals surface area contributed by atoms with Gasteiger partial charge in [-0.15, -0.1) is 0 Å². The first-order valence-electron chi connectivity index (χ1n) is 6.45. The Morgan fingerprint density at radius 1 is 1.25 bits per heavy atom. The summed E-state index contributed by atoms with van der Waals surface area (Å²) >= 11 is 0. The highest BCUT2D eigenvalue weighted by Gasteiger charge is 2.20. The summed E-state index contributed by atoms with van der Waals surface area (Å²) < 4.78 is 29.6. The Hall–Kier alpha value is -1.08. The van der Waals surface area contributed by atoms with Gasteiger partial charge in [0.1, 0.15) is 5.60 Å². The lowest BCUT2D eigenvalue weighted by molar-refractivity contribution is 0.0504. The van der Waals surface area contributed by atoms with E-state index in [-0.39, 0.29) is 5.92 Å². The van der Waals surface area contributed by atoms with Gasteiger partial charge in [-0.2, -0.15) is 0 Å². The average Bonchev–Trinajstić information content (AvgIpc) is 2.20. The highest BCUT2D eigenvalue weighted by atomic mass is 32.2. The highest BCUT2D eigenvalue weighted by Crippen LogP contribution is 2.10. The van der Waals surface area contributed by atoms with Gasteiger partial charge in [-0.05, 0) is 32.8 Å². The highest BCUT2D eigenvalue weighted by molar-refractivity contribution is 7.92. The Bertz CT molecular complexity index is 447. The van der Waals surface area contributed by atoms with Crippen LogP contribution in [0.4, 0.5) is 4.79 Å². The number of ether oxygens (including phenoxy) is 1. The smallest absolute Gasteiger partial charge is 0.408 e. The molecular weight excluding hydrogens is 280 g/mol. The fourth-order valence-electron chi connectivity index (χ4n) is 1.19. The van der Waals surface area contributed by atoms with Crippen LogP contribution in [-0.2, 0) is 14.8 Å². The van der Waals surface area contributed by atoms with Crippen LogP contribution in [0.1, 0.15) is 34.6 Å². The van der Waals surface area contributed by atoms with Crippen molar-refractivity contribution in [1.82, 2.24) is 9.62 Å². The molecule has 0 aromatic carbocycles. The standard InChI is InChI=1S/C13H26N2O4S/c1-10(2)11(8-9-20(17,18)15(6)7)14-12(16)19-13(3,4)5/h8-11H,1-7H3,(H,14,16)/b9-8+. The summed E-state index contributed by atoms with van der Waals surface area (Å²) in [5.41, 5.74) is -0.592. The average molecular weight is 306 g/mol. The number of hydrogen-bond donors (Lipinski definition) is 1. The van der Waals surface area contributed by atoms with Crippen LogP contribution in [0.25, 0.3) is 0 Å². The van der Waals surface area contributed by atoms with Crippen molar-refractivity contribution in [2.24, 2.45) is 5.92 Å². The fraction of sp³-hybridized carbons (Fsp3) is 0.769. The summed E-state index contributed by atoms with van der Waals surface area (Å²) in [5.74, 6) is 0.0381. The maximum Gasteiger partial charge on any atom is 0.408 e. The Balaban J connectivity index is 4.85. The van der Waals surface area contributed by atoms with Crippen molar-refractivity contribution >= 4 is 16.1 Å². The first kappa shape index (κ1) is 18.9. The number of carbonyl (C=O) groups excluding carboxylic acids is 1. The fourth-order valence-corrected chi connectivity index (χ4v) is 1.80. The van der Waals surface area contributed by atoms with Crippen LogP contribution in [0.3, 0.4) is 0 Å². The van der Waals surface area contributed by atoms with Crippen molar-refractivity contribution in [1.29, 1.82) is 0 Å². The topological polar surface area (TPSA) is 75.7 Å². The molecule has 0 heterocycles. The number of sulfonamides is 1. The van der Waals surface area contributed by atoms with Gasteiger partial charge in [0.25, 0.3) is 0 Å².